The van der Waals surface area contributed by atoms with E-state index >= 15 is 0 Å². The van der Waals surface area contributed by atoms with Crippen LogP contribution < -0.4 is 5.14 Å². The van der Waals surface area contributed by atoms with Gasteiger partial charge in [0.1, 0.15) is 0 Å². The molecule has 0 radical (unpaired) electrons. The number of benzene rings is 1. The normalized spacial score (nSPS) is 11.8. The lowest BCUT2D eigenvalue weighted by Gasteiger charge is -2.19. The molecule has 118 valence electrons. The number of carbonyl (C=O) groups is 1. The van der Waals surface area contributed by atoms with Crippen LogP contribution in [-0.2, 0) is 10.0 Å². The van der Waals surface area contributed by atoms with Crippen molar-refractivity contribution >= 4 is 31.9 Å². The van der Waals surface area contributed by atoms with E-state index in [1.165, 1.54) is 6.07 Å². The molecule has 0 aliphatic heterocycles. The van der Waals surface area contributed by atoms with Crippen LogP contribution in [0.3, 0.4) is 0 Å². The molecule has 0 fully saturated rings. The fraction of sp³-hybridized carbons (Fsp3) is 0.500. The smallest absolute Gasteiger partial charge is 0.253 e. The largest absolute Gasteiger partial charge is 0.342 e. The van der Waals surface area contributed by atoms with Crippen molar-refractivity contribution in [3.63, 3.8) is 0 Å². The van der Waals surface area contributed by atoms with E-state index in [9.17, 15) is 13.2 Å². The number of nitrogens with two attached hydrogens (primary N) is 1. The van der Waals surface area contributed by atoms with Gasteiger partial charge in [-0.3, -0.25) is 4.79 Å². The molecule has 0 atom stereocenters. The van der Waals surface area contributed by atoms with Gasteiger partial charge in [0.15, 0.2) is 0 Å². The SMILES string of the molecule is Cc1cc(C(=O)N(C)CCC(C)C)cc(S(N)(=O)=O)c1Br. The van der Waals surface area contributed by atoms with E-state index in [4.69, 9.17) is 5.14 Å². The van der Waals surface area contributed by atoms with Gasteiger partial charge in [0, 0.05) is 23.6 Å². The molecule has 0 bridgehead atoms. The lowest BCUT2D eigenvalue weighted by molar-refractivity contribution is 0.0789. The maximum atomic E-state index is 12.4. The van der Waals surface area contributed by atoms with Crippen molar-refractivity contribution in [1.29, 1.82) is 0 Å². The summed E-state index contributed by atoms with van der Waals surface area (Å²) in [5, 5.41) is 5.19. The number of nitrogens with zero attached hydrogens (tertiary/aromatic N) is 1. The second-order valence-electron chi connectivity index (χ2n) is 5.56. The van der Waals surface area contributed by atoms with Crippen LogP contribution in [0.15, 0.2) is 21.5 Å². The van der Waals surface area contributed by atoms with E-state index in [2.05, 4.69) is 29.8 Å². The standard InChI is InChI=1S/C14H21BrN2O3S/c1-9(2)5-6-17(4)14(18)11-7-10(3)13(15)12(8-11)21(16,19)20/h7-9H,5-6H2,1-4H3,(H2,16,19,20). The molecule has 0 heterocycles. The van der Waals surface area contributed by atoms with E-state index in [0.29, 0.717) is 28.1 Å². The van der Waals surface area contributed by atoms with Crippen LogP contribution in [0, 0.1) is 12.8 Å². The summed E-state index contributed by atoms with van der Waals surface area (Å²) in [7, 11) is -2.17. The first-order valence-corrected chi connectivity index (χ1v) is 8.96. The summed E-state index contributed by atoms with van der Waals surface area (Å²) in [6.07, 6.45) is 0.889. The first kappa shape index (κ1) is 18.1. The van der Waals surface area contributed by atoms with E-state index in [1.807, 2.05) is 0 Å². The zero-order valence-electron chi connectivity index (χ0n) is 12.7. The molecule has 0 saturated carbocycles. The van der Waals surface area contributed by atoms with Gasteiger partial charge in [-0.25, -0.2) is 13.6 Å². The molecule has 0 saturated heterocycles. The van der Waals surface area contributed by atoms with Crippen molar-refractivity contribution in [2.45, 2.75) is 32.1 Å². The minimum atomic E-state index is -3.88. The van der Waals surface area contributed by atoms with Crippen molar-refractivity contribution < 1.29 is 13.2 Å². The number of amides is 1. The Morgan fingerprint density at radius 2 is 1.95 bits per heavy atom. The summed E-state index contributed by atoms with van der Waals surface area (Å²) >= 11 is 3.20. The van der Waals surface area contributed by atoms with Gasteiger partial charge < -0.3 is 4.90 Å². The zero-order valence-corrected chi connectivity index (χ0v) is 15.1. The third-order valence-corrected chi connectivity index (χ3v) is 5.41. The highest BCUT2D eigenvalue weighted by molar-refractivity contribution is 9.10. The van der Waals surface area contributed by atoms with Crippen LogP contribution in [0.5, 0.6) is 0 Å². The van der Waals surface area contributed by atoms with Gasteiger partial charge in [-0.2, -0.15) is 0 Å². The minimum Gasteiger partial charge on any atom is -0.342 e. The Labute approximate surface area is 134 Å². The zero-order chi connectivity index (χ0) is 16.4. The second kappa shape index (κ2) is 6.89. The Bertz CT molecular complexity index is 642. The Morgan fingerprint density at radius 3 is 2.43 bits per heavy atom. The summed E-state index contributed by atoms with van der Waals surface area (Å²) in [6, 6.07) is 2.98. The molecule has 1 aromatic carbocycles. The molecule has 0 spiro atoms. The molecular weight excluding hydrogens is 356 g/mol. The molecule has 5 nitrogen and oxygen atoms in total. The van der Waals surface area contributed by atoms with Gasteiger partial charge in [0.25, 0.3) is 5.91 Å². The number of hydrogen-bond donors (Lipinski definition) is 1. The van der Waals surface area contributed by atoms with Crippen LogP contribution in [0.1, 0.15) is 36.2 Å². The third kappa shape index (κ3) is 4.79. The minimum absolute atomic E-state index is 0.0666. The Hall–Kier alpha value is -0.920. The first-order valence-electron chi connectivity index (χ1n) is 6.62. The van der Waals surface area contributed by atoms with E-state index in [1.54, 1.807) is 24.9 Å². The monoisotopic (exact) mass is 376 g/mol. The van der Waals surface area contributed by atoms with Crippen LogP contribution in [0.25, 0.3) is 0 Å². The molecule has 1 rings (SSSR count). The molecule has 0 aliphatic rings. The quantitative estimate of drug-likeness (QED) is 0.856. The summed E-state index contributed by atoms with van der Waals surface area (Å²) in [4.78, 5) is 13.9. The molecule has 7 heteroatoms. The molecule has 1 amide bonds. The summed E-state index contributed by atoms with van der Waals surface area (Å²) in [6.45, 7) is 6.52. The third-order valence-electron chi connectivity index (χ3n) is 3.16. The number of sulfonamides is 1. The van der Waals surface area contributed by atoms with Crippen molar-refractivity contribution in [3.8, 4) is 0 Å². The maximum Gasteiger partial charge on any atom is 0.253 e. The maximum absolute atomic E-state index is 12.4. The lowest BCUT2D eigenvalue weighted by atomic mass is 10.1. The van der Waals surface area contributed by atoms with Crippen LogP contribution in [-0.4, -0.2) is 32.8 Å². The summed E-state index contributed by atoms with van der Waals surface area (Å²) < 4.78 is 23.6. The summed E-state index contributed by atoms with van der Waals surface area (Å²) in [5.74, 6) is 0.281. The van der Waals surface area contributed by atoms with Crippen molar-refractivity contribution in [3.05, 3.63) is 27.7 Å². The molecule has 0 aromatic heterocycles. The summed E-state index contributed by atoms with van der Waals surface area (Å²) in [5.41, 5.74) is 0.980. The number of aryl methyl sites for hydroxylation is 1. The van der Waals surface area contributed by atoms with Crippen LogP contribution in [0.2, 0.25) is 0 Å². The highest BCUT2D eigenvalue weighted by atomic mass is 79.9. The van der Waals surface area contributed by atoms with Crippen LogP contribution >= 0.6 is 15.9 Å². The number of rotatable bonds is 5. The fourth-order valence-corrected chi connectivity index (χ4v) is 3.45. The molecule has 2 N–H and O–H groups in total. The molecule has 0 unspecified atom stereocenters. The van der Waals surface area contributed by atoms with Gasteiger partial charge in [-0.1, -0.05) is 13.8 Å². The number of primary sulfonamides is 1. The highest BCUT2D eigenvalue weighted by Gasteiger charge is 2.20. The second-order valence-corrected chi connectivity index (χ2v) is 7.88. The van der Waals surface area contributed by atoms with Gasteiger partial charge in [-0.15, -0.1) is 0 Å². The predicted octanol–water partition coefficient (Wildman–Crippen LogP) is 2.52. The highest BCUT2D eigenvalue weighted by Crippen LogP contribution is 2.27. The number of hydrogen-bond acceptors (Lipinski definition) is 3. The van der Waals surface area contributed by atoms with E-state index < -0.39 is 10.0 Å². The van der Waals surface area contributed by atoms with Crippen LogP contribution in [0.4, 0.5) is 0 Å². The average molecular weight is 377 g/mol. The predicted molar refractivity (Wildman–Crippen MR) is 86.7 cm³/mol. The first-order chi connectivity index (χ1) is 9.54. The molecular formula is C14H21BrN2O3S. The van der Waals surface area contributed by atoms with E-state index in [0.717, 1.165) is 6.42 Å². The Morgan fingerprint density at radius 1 is 1.38 bits per heavy atom. The molecule has 0 aliphatic carbocycles. The Balaban J connectivity index is 3.14. The lowest BCUT2D eigenvalue weighted by Crippen LogP contribution is -2.29. The number of halogens is 1. The topological polar surface area (TPSA) is 80.5 Å². The van der Waals surface area contributed by atoms with Gasteiger partial charge in [0.2, 0.25) is 10.0 Å². The van der Waals surface area contributed by atoms with Gasteiger partial charge in [-0.05, 0) is 52.9 Å². The fourth-order valence-electron chi connectivity index (χ4n) is 1.84. The van der Waals surface area contributed by atoms with Crippen molar-refractivity contribution in [1.82, 2.24) is 4.90 Å². The van der Waals surface area contributed by atoms with Crippen molar-refractivity contribution in [2.24, 2.45) is 11.1 Å². The van der Waals surface area contributed by atoms with Crippen molar-refractivity contribution in [2.75, 3.05) is 13.6 Å². The Kier molecular flexibility index (Phi) is 5.95. The molecule has 1 aromatic rings. The van der Waals surface area contributed by atoms with Gasteiger partial charge in [0.05, 0.1) is 4.90 Å². The van der Waals surface area contributed by atoms with E-state index in [-0.39, 0.29) is 10.8 Å². The van der Waals surface area contributed by atoms with Gasteiger partial charge >= 0.3 is 0 Å². The number of carbonyl (C=O) groups excluding carboxylic acids is 1. The molecule has 21 heavy (non-hydrogen) atoms. The average Bonchev–Trinajstić information content (AvgIpc) is 2.36.